The van der Waals surface area contributed by atoms with Crippen LogP contribution in [0.25, 0.3) is 5.52 Å². The summed E-state index contributed by atoms with van der Waals surface area (Å²) in [7, 11) is 0. The van der Waals surface area contributed by atoms with Crippen LogP contribution in [-0.2, 0) is 6.42 Å². The fraction of sp³-hybridized carbons (Fsp3) is 0.300. The van der Waals surface area contributed by atoms with E-state index >= 15 is 0 Å². The van der Waals surface area contributed by atoms with Gasteiger partial charge in [0, 0.05) is 18.3 Å². The van der Waals surface area contributed by atoms with Gasteiger partial charge < -0.3 is 15.9 Å². The lowest BCUT2D eigenvalue weighted by Gasteiger charge is -2.00. The SMILES string of the molecule is NCCCc1ncc2cc(N)ccn12. The van der Waals surface area contributed by atoms with Gasteiger partial charge >= 0.3 is 0 Å². The second-order valence-corrected chi connectivity index (χ2v) is 3.32. The number of nitrogens with two attached hydrogens (primary N) is 2. The molecule has 14 heavy (non-hydrogen) atoms. The van der Waals surface area contributed by atoms with Crippen molar-refractivity contribution in [2.45, 2.75) is 12.8 Å². The molecule has 0 spiro atoms. The number of nitrogens with zero attached hydrogens (tertiary/aromatic N) is 2. The molecule has 2 aromatic heterocycles. The molecule has 0 bridgehead atoms. The number of rotatable bonds is 3. The molecule has 0 aromatic carbocycles. The van der Waals surface area contributed by atoms with Gasteiger partial charge in [0.25, 0.3) is 0 Å². The third kappa shape index (κ3) is 1.56. The monoisotopic (exact) mass is 190 g/mol. The molecule has 0 aliphatic carbocycles. The Labute approximate surface area is 82.5 Å². The molecule has 4 heteroatoms. The first-order chi connectivity index (χ1) is 6.81. The van der Waals surface area contributed by atoms with E-state index in [4.69, 9.17) is 11.5 Å². The van der Waals surface area contributed by atoms with Gasteiger partial charge in [0.05, 0.1) is 11.7 Å². The fourth-order valence-electron chi connectivity index (χ4n) is 1.52. The lowest BCUT2D eigenvalue weighted by Crippen LogP contribution is -2.03. The van der Waals surface area contributed by atoms with Crippen molar-refractivity contribution in [3.8, 4) is 0 Å². The summed E-state index contributed by atoms with van der Waals surface area (Å²) < 4.78 is 2.05. The molecule has 0 fully saturated rings. The zero-order valence-electron chi connectivity index (χ0n) is 7.98. The van der Waals surface area contributed by atoms with Gasteiger partial charge in [0.15, 0.2) is 0 Å². The summed E-state index contributed by atoms with van der Waals surface area (Å²) in [6.07, 6.45) is 5.66. The van der Waals surface area contributed by atoms with Gasteiger partial charge in [-0.1, -0.05) is 0 Å². The minimum absolute atomic E-state index is 0.698. The number of hydrogen-bond acceptors (Lipinski definition) is 3. The predicted octanol–water partition coefficient (Wildman–Crippen LogP) is 0.808. The van der Waals surface area contributed by atoms with Crippen molar-refractivity contribution in [1.82, 2.24) is 9.38 Å². The van der Waals surface area contributed by atoms with Gasteiger partial charge in [-0.15, -0.1) is 0 Å². The lowest BCUT2D eigenvalue weighted by molar-refractivity contribution is 0.778. The third-order valence-corrected chi connectivity index (χ3v) is 2.24. The number of hydrogen-bond donors (Lipinski definition) is 2. The van der Waals surface area contributed by atoms with Crippen molar-refractivity contribution >= 4 is 11.2 Å². The Balaban J connectivity index is 2.37. The Morgan fingerprint density at radius 2 is 2.29 bits per heavy atom. The van der Waals surface area contributed by atoms with Gasteiger partial charge in [0.2, 0.25) is 0 Å². The normalized spacial score (nSPS) is 10.9. The highest BCUT2D eigenvalue weighted by Crippen LogP contribution is 2.11. The number of pyridine rings is 1. The van der Waals surface area contributed by atoms with Crippen molar-refractivity contribution in [3.63, 3.8) is 0 Å². The first kappa shape index (κ1) is 9.02. The van der Waals surface area contributed by atoms with E-state index in [1.54, 1.807) is 0 Å². The molecular formula is C10H14N4. The molecule has 4 nitrogen and oxygen atoms in total. The molecule has 0 aliphatic heterocycles. The van der Waals surface area contributed by atoms with Crippen LogP contribution in [0.1, 0.15) is 12.2 Å². The Hall–Kier alpha value is -1.55. The van der Waals surface area contributed by atoms with Crippen LogP contribution in [0.3, 0.4) is 0 Å². The van der Waals surface area contributed by atoms with E-state index in [2.05, 4.69) is 4.98 Å². The smallest absolute Gasteiger partial charge is 0.113 e. The first-order valence-electron chi connectivity index (χ1n) is 4.73. The topological polar surface area (TPSA) is 69.3 Å². The maximum Gasteiger partial charge on any atom is 0.113 e. The zero-order valence-corrected chi connectivity index (χ0v) is 7.98. The van der Waals surface area contributed by atoms with Crippen molar-refractivity contribution in [3.05, 3.63) is 30.4 Å². The van der Waals surface area contributed by atoms with Crippen LogP contribution >= 0.6 is 0 Å². The molecule has 2 aromatic rings. The maximum absolute atomic E-state index is 5.67. The molecule has 2 rings (SSSR count). The molecule has 0 saturated heterocycles. The Bertz CT molecular complexity index is 433. The van der Waals surface area contributed by atoms with Gasteiger partial charge in [-0.2, -0.15) is 0 Å². The average Bonchev–Trinajstić information content (AvgIpc) is 2.57. The van der Waals surface area contributed by atoms with Crippen LogP contribution in [0.4, 0.5) is 5.69 Å². The molecular weight excluding hydrogens is 176 g/mol. The second-order valence-electron chi connectivity index (χ2n) is 3.32. The highest BCUT2D eigenvalue weighted by molar-refractivity contribution is 5.55. The van der Waals surface area contributed by atoms with Gasteiger partial charge in [-0.05, 0) is 25.1 Å². The third-order valence-electron chi connectivity index (χ3n) is 2.24. The molecule has 0 unspecified atom stereocenters. The average molecular weight is 190 g/mol. The van der Waals surface area contributed by atoms with Crippen molar-refractivity contribution < 1.29 is 0 Å². The van der Waals surface area contributed by atoms with Gasteiger partial charge in [-0.3, -0.25) is 0 Å². The quantitative estimate of drug-likeness (QED) is 0.752. The minimum atomic E-state index is 0.698. The van der Waals surface area contributed by atoms with Crippen LogP contribution in [0.2, 0.25) is 0 Å². The van der Waals surface area contributed by atoms with E-state index in [0.717, 1.165) is 29.9 Å². The molecule has 0 aliphatic rings. The van der Waals surface area contributed by atoms with Crippen LogP contribution in [0.15, 0.2) is 24.5 Å². The standard InChI is InChI=1S/C10H14N4/c11-4-1-2-10-13-7-9-6-8(12)3-5-14(9)10/h3,5-7H,1-2,4,11-12H2. The second kappa shape index (κ2) is 3.67. The molecule has 74 valence electrons. The largest absolute Gasteiger partial charge is 0.399 e. The fourth-order valence-corrected chi connectivity index (χ4v) is 1.52. The minimum Gasteiger partial charge on any atom is -0.399 e. The number of anilines is 1. The molecule has 2 heterocycles. The Morgan fingerprint density at radius 3 is 3.07 bits per heavy atom. The maximum atomic E-state index is 5.67. The van der Waals surface area contributed by atoms with Crippen LogP contribution < -0.4 is 11.5 Å². The van der Waals surface area contributed by atoms with E-state index in [0.29, 0.717) is 6.54 Å². The van der Waals surface area contributed by atoms with Crippen LogP contribution in [0.5, 0.6) is 0 Å². The number of fused-ring (bicyclic) bond motifs is 1. The number of aryl methyl sites for hydroxylation is 1. The summed E-state index contributed by atoms with van der Waals surface area (Å²) in [6, 6.07) is 3.79. The van der Waals surface area contributed by atoms with Crippen molar-refractivity contribution in [1.29, 1.82) is 0 Å². The molecule has 4 N–H and O–H groups in total. The summed E-state index contributed by atoms with van der Waals surface area (Å²) >= 11 is 0. The van der Waals surface area contributed by atoms with E-state index in [-0.39, 0.29) is 0 Å². The molecule has 0 saturated carbocycles. The molecule has 0 amide bonds. The summed E-state index contributed by atoms with van der Waals surface area (Å²) in [4.78, 5) is 4.33. The van der Waals surface area contributed by atoms with Crippen LogP contribution in [-0.4, -0.2) is 15.9 Å². The van der Waals surface area contributed by atoms with Gasteiger partial charge in [0.1, 0.15) is 5.82 Å². The van der Waals surface area contributed by atoms with E-state index < -0.39 is 0 Å². The lowest BCUT2D eigenvalue weighted by atomic mass is 10.3. The van der Waals surface area contributed by atoms with Crippen LogP contribution in [0, 0.1) is 0 Å². The van der Waals surface area contributed by atoms with E-state index in [1.807, 2.05) is 28.9 Å². The summed E-state index contributed by atoms with van der Waals surface area (Å²) in [5.41, 5.74) is 12.9. The molecule has 0 radical (unpaired) electrons. The highest BCUT2D eigenvalue weighted by atomic mass is 15.0. The molecule has 0 atom stereocenters. The Morgan fingerprint density at radius 1 is 1.43 bits per heavy atom. The Kier molecular flexibility index (Phi) is 2.37. The van der Waals surface area contributed by atoms with Crippen molar-refractivity contribution in [2.24, 2.45) is 5.73 Å². The van der Waals surface area contributed by atoms with E-state index in [1.165, 1.54) is 0 Å². The highest BCUT2D eigenvalue weighted by Gasteiger charge is 2.02. The summed E-state index contributed by atoms with van der Waals surface area (Å²) in [6.45, 7) is 0.698. The number of imidazole rings is 1. The summed E-state index contributed by atoms with van der Waals surface area (Å²) in [5, 5.41) is 0. The van der Waals surface area contributed by atoms with Gasteiger partial charge in [-0.25, -0.2) is 4.98 Å². The van der Waals surface area contributed by atoms with Crippen molar-refractivity contribution in [2.75, 3.05) is 12.3 Å². The summed E-state index contributed by atoms with van der Waals surface area (Å²) in [5.74, 6) is 1.05. The van der Waals surface area contributed by atoms with E-state index in [9.17, 15) is 0 Å². The number of aromatic nitrogens is 2. The zero-order chi connectivity index (χ0) is 9.97. The predicted molar refractivity (Wildman–Crippen MR) is 57.0 cm³/mol. The first-order valence-corrected chi connectivity index (χ1v) is 4.73. The number of nitrogen functional groups attached to an aromatic ring is 1.